The molecule has 2 aromatic carbocycles. The van der Waals surface area contributed by atoms with Crippen molar-refractivity contribution >= 4 is 12.4 Å². The lowest BCUT2D eigenvalue weighted by molar-refractivity contribution is -0.104. The zero-order valence-electron chi connectivity index (χ0n) is 14.5. The van der Waals surface area contributed by atoms with Crippen molar-refractivity contribution in [3.63, 3.8) is 0 Å². The first-order valence-electron chi connectivity index (χ1n) is 8.09. The van der Waals surface area contributed by atoms with Gasteiger partial charge in [0, 0.05) is 11.5 Å². The lowest BCUT2D eigenvalue weighted by atomic mass is 9.75. The van der Waals surface area contributed by atoms with Crippen molar-refractivity contribution in [1.82, 2.24) is 0 Å². The van der Waals surface area contributed by atoms with Gasteiger partial charge < -0.3 is 24.8 Å². The summed E-state index contributed by atoms with van der Waals surface area (Å²) in [6.45, 7) is -0.277. The monoisotopic (exact) mass is 356 g/mol. The molecule has 6 nitrogen and oxygen atoms in total. The molecular formula is C20H20O6. The van der Waals surface area contributed by atoms with Crippen LogP contribution in [0.4, 0.5) is 0 Å². The van der Waals surface area contributed by atoms with Crippen molar-refractivity contribution in [3.8, 4) is 28.4 Å². The third-order valence-corrected chi connectivity index (χ3v) is 4.66. The van der Waals surface area contributed by atoms with Crippen molar-refractivity contribution < 1.29 is 29.6 Å². The highest BCUT2D eigenvalue weighted by Gasteiger charge is 2.35. The summed E-state index contributed by atoms with van der Waals surface area (Å²) in [5, 5.41) is 30.9. The Hall–Kier alpha value is -2.83. The summed E-state index contributed by atoms with van der Waals surface area (Å²) < 4.78 is 10.7. The van der Waals surface area contributed by atoms with Gasteiger partial charge in [0.1, 0.15) is 12.0 Å². The summed E-state index contributed by atoms with van der Waals surface area (Å²) in [5.41, 5.74) is 3.23. The molecule has 0 amide bonds. The highest BCUT2D eigenvalue weighted by molar-refractivity contribution is 5.84. The number of allylic oxidation sites excluding steroid dienone is 1. The van der Waals surface area contributed by atoms with Gasteiger partial charge in [-0.15, -0.1) is 0 Å². The Bertz CT molecular complexity index is 871. The Balaban J connectivity index is 2.33. The molecular weight excluding hydrogens is 336 g/mol. The van der Waals surface area contributed by atoms with Crippen LogP contribution in [0.25, 0.3) is 17.2 Å². The number of fused-ring (bicyclic) bond motifs is 3. The van der Waals surface area contributed by atoms with Crippen LogP contribution >= 0.6 is 0 Å². The van der Waals surface area contributed by atoms with Gasteiger partial charge in [-0.3, -0.25) is 4.79 Å². The molecule has 0 spiro atoms. The van der Waals surface area contributed by atoms with Crippen LogP contribution in [0.3, 0.4) is 0 Å². The number of aliphatic hydroxyl groups is 2. The molecule has 2 atom stereocenters. The number of benzene rings is 2. The van der Waals surface area contributed by atoms with Crippen molar-refractivity contribution in [1.29, 1.82) is 0 Å². The molecule has 2 aromatic rings. The number of hydrogen-bond acceptors (Lipinski definition) is 6. The largest absolute Gasteiger partial charge is 0.504 e. The van der Waals surface area contributed by atoms with E-state index in [0.29, 0.717) is 39.9 Å². The number of ether oxygens (including phenoxy) is 2. The van der Waals surface area contributed by atoms with E-state index in [1.165, 1.54) is 26.4 Å². The minimum absolute atomic E-state index is 0.0566. The molecule has 0 fully saturated rings. The zero-order valence-corrected chi connectivity index (χ0v) is 14.5. The summed E-state index contributed by atoms with van der Waals surface area (Å²) >= 11 is 0. The number of phenols is 1. The van der Waals surface area contributed by atoms with Crippen LogP contribution in [-0.2, 0) is 4.79 Å². The highest BCUT2D eigenvalue weighted by Crippen LogP contribution is 2.52. The minimum atomic E-state index is -0.980. The van der Waals surface area contributed by atoms with Crippen molar-refractivity contribution in [2.75, 3.05) is 20.8 Å². The molecule has 3 N–H and O–H groups in total. The molecule has 1 aliphatic rings. The molecule has 0 aromatic heterocycles. The van der Waals surface area contributed by atoms with Gasteiger partial charge in [0.15, 0.2) is 11.5 Å². The van der Waals surface area contributed by atoms with Gasteiger partial charge in [-0.1, -0.05) is 12.1 Å². The van der Waals surface area contributed by atoms with E-state index in [2.05, 4.69) is 0 Å². The molecule has 0 aliphatic heterocycles. The number of aldehydes is 1. The van der Waals surface area contributed by atoms with Gasteiger partial charge >= 0.3 is 0 Å². The first kappa shape index (κ1) is 18.0. The molecule has 0 saturated carbocycles. The van der Waals surface area contributed by atoms with Gasteiger partial charge in [-0.05, 0) is 46.5 Å². The van der Waals surface area contributed by atoms with Crippen LogP contribution < -0.4 is 9.47 Å². The fourth-order valence-corrected chi connectivity index (χ4v) is 3.44. The number of phenolic OH excluding ortho intramolecular Hbond substituents is 1. The van der Waals surface area contributed by atoms with Crippen molar-refractivity contribution in [2.24, 2.45) is 0 Å². The molecule has 6 heteroatoms. The van der Waals surface area contributed by atoms with Crippen LogP contribution in [0, 0.1) is 0 Å². The average molecular weight is 356 g/mol. The van der Waals surface area contributed by atoms with E-state index in [-0.39, 0.29) is 18.1 Å². The third kappa shape index (κ3) is 2.83. The quantitative estimate of drug-likeness (QED) is 0.562. The smallest absolute Gasteiger partial charge is 0.160 e. The van der Waals surface area contributed by atoms with Gasteiger partial charge in [0.25, 0.3) is 0 Å². The first-order valence-corrected chi connectivity index (χ1v) is 8.09. The second-order valence-corrected chi connectivity index (χ2v) is 6.03. The number of aliphatic hydroxyl groups excluding tert-OH is 2. The second kappa shape index (κ2) is 7.19. The fraction of sp³-hybridized carbons (Fsp3) is 0.250. The van der Waals surface area contributed by atoms with Crippen molar-refractivity contribution in [3.05, 3.63) is 47.0 Å². The Morgan fingerprint density at radius 3 is 2.42 bits per heavy atom. The van der Waals surface area contributed by atoms with Gasteiger partial charge in [-0.2, -0.15) is 0 Å². The summed E-state index contributed by atoms with van der Waals surface area (Å²) in [6.07, 6.45) is 2.67. The Kier molecular flexibility index (Phi) is 4.97. The van der Waals surface area contributed by atoms with E-state index < -0.39 is 12.0 Å². The first-order chi connectivity index (χ1) is 12.5. The number of hydrogen-bond donors (Lipinski definition) is 3. The molecule has 26 heavy (non-hydrogen) atoms. The number of rotatable bonds is 5. The number of methoxy groups -OCH3 is 2. The SMILES string of the molecule is COc1cc2c(cc1O)-c1c(OC)cc(C=CC=O)cc1[C@H](CO)[C@H]2O. The minimum Gasteiger partial charge on any atom is -0.504 e. The average Bonchev–Trinajstić information content (AvgIpc) is 2.65. The predicted octanol–water partition coefficient (Wildman–Crippen LogP) is 2.41. The second-order valence-electron chi connectivity index (χ2n) is 6.03. The number of aromatic hydroxyl groups is 1. The van der Waals surface area contributed by atoms with E-state index in [1.807, 2.05) is 0 Å². The number of carbonyl (C=O) groups excluding carboxylic acids is 1. The summed E-state index contributed by atoms with van der Waals surface area (Å²) in [5.74, 6) is 0.126. The van der Waals surface area contributed by atoms with Gasteiger partial charge in [0.05, 0.1) is 26.9 Å². The summed E-state index contributed by atoms with van der Waals surface area (Å²) in [7, 11) is 2.95. The topological polar surface area (TPSA) is 96.2 Å². The Morgan fingerprint density at radius 2 is 1.81 bits per heavy atom. The van der Waals surface area contributed by atoms with E-state index >= 15 is 0 Å². The van der Waals surface area contributed by atoms with Crippen LogP contribution in [0.5, 0.6) is 17.2 Å². The van der Waals surface area contributed by atoms with Crippen LogP contribution in [0.15, 0.2) is 30.3 Å². The van der Waals surface area contributed by atoms with Gasteiger partial charge in [-0.25, -0.2) is 0 Å². The zero-order chi connectivity index (χ0) is 18.8. The number of carbonyl (C=O) groups is 1. The lowest BCUT2D eigenvalue weighted by Crippen LogP contribution is -2.21. The molecule has 3 rings (SSSR count). The van der Waals surface area contributed by atoms with Crippen LogP contribution in [0.1, 0.15) is 28.7 Å². The summed E-state index contributed by atoms with van der Waals surface area (Å²) in [4.78, 5) is 10.6. The highest BCUT2D eigenvalue weighted by atomic mass is 16.5. The maximum Gasteiger partial charge on any atom is 0.160 e. The van der Waals surface area contributed by atoms with Gasteiger partial charge in [0.2, 0.25) is 0 Å². The standard InChI is InChI=1S/C20H20O6/c1-25-17-9-14-13(8-16(17)23)19-12(15(10-22)20(14)24)6-11(4-3-5-21)7-18(19)26-2/h3-9,15,20,22-24H,10H2,1-2H3/t15-,20-/m0/s1. The van der Waals surface area contributed by atoms with Crippen LogP contribution in [-0.4, -0.2) is 42.4 Å². The molecule has 0 saturated heterocycles. The summed E-state index contributed by atoms with van der Waals surface area (Å²) in [6, 6.07) is 6.65. The lowest BCUT2D eigenvalue weighted by Gasteiger charge is -2.33. The fourth-order valence-electron chi connectivity index (χ4n) is 3.44. The third-order valence-electron chi connectivity index (χ3n) is 4.66. The Morgan fingerprint density at radius 1 is 1.08 bits per heavy atom. The maximum absolute atomic E-state index is 10.8. The predicted molar refractivity (Wildman–Crippen MR) is 96.5 cm³/mol. The molecule has 0 unspecified atom stereocenters. The van der Waals surface area contributed by atoms with E-state index in [9.17, 15) is 20.1 Å². The van der Waals surface area contributed by atoms with Crippen molar-refractivity contribution in [2.45, 2.75) is 12.0 Å². The molecule has 0 heterocycles. The normalized spacial score (nSPS) is 18.3. The maximum atomic E-state index is 10.8. The molecule has 0 radical (unpaired) electrons. The Labute approximate surface area is 150 Å². The molecule has 0 bridgehead atoms. The molecule has 1 aliphatic carbocycles. The van der Waals surface area contributed by atoms with Crippen LogP contribution in [0.2, 0.25) is 0 Å². The van der Waals surface area contributed by atoms with E-state index in [4.69, 9.17) is 9.47 Å². The van der Waals surface area contributed by atoms with E-state index in [1.54, 1.807) is 24.3 Å². The molecule has 136 valence electrons. The van der Waals surface area contributed by atoms with E-state index in [0.717, 1.165) is 0 Å².